The highest BCUT2D eigenvalue weighted by atomic mass is 16.3. The molecule has 2 saturated heterocycles. The van der Waals surface area contributed by atoms with Crippen molar-refractivity contribution in [3.8, 4) is 0 Å². The van der Waals surface area contributed by atoms with Gasteiger partial charge in [-0.25, -0.2) is 0 Å². The van der Waals surface area contributed by atoms with Crippen LogP contribution in [-0.2, 0) is 4.79 Å². The van der Waals surface area contributed by atoms with Crippen molar-refractivity contribution in [2.45, 2.75) is 70.9 Å². The molecule has 1 atom stereocenters. The molecule has 0 unspecified atom stereocenters. The van der Waals surface area contributed by atoms with E-state index in [9.17, 15) is 9.90 Å². The molecular formula is C17H32N2O2. The van der Waals surface area contributed by atoms with Crippen LogP contribution < -0.4 is 0 Å². The van der Waals surface area contributed by atoms with E-state index in [1.807, 2.05) is 18.7 Å². The number of piperidine rings is 1. The summed E-state index contributed by atoms with van der Waals surface area (Å²) in [5.74, 6) is 0.625. The van der Waals surface area contributed by atoms with Crippen molar-refractivity contribution in [3.63, 3.8) is 0 Å². The molecule has 0 aromatic heterocycles. The molecule has 0 radical (unpaired) electrons. The van der Waals surface area contributed by atoms with Crippen LogP contribution in [-0.4, -0.2) is 58.6 Å². The highest BCUT2D eigenvalue weighted by molar-refractivity contribution is 5.76. The smallest absolute Gasteiger partial charge is 0.222 e. The molecule has 2 fully saturated rings. The summed E-state index contributed by atoms with van der Waals surface area (Å²) >= 11 is 0. The van der Waals surface area contributed by atoms with E-state index in [4.69, 9.17) is 0 Å². The first kappa shape index (κ1) is 16.8. The van der Waals surface area contributed by atoms with Gasteiger partial charge in [0.1, 0.15) is 0 Å². The molecule has 0 aromatic rings. The van der Waals surface area contributed by atoms with Gasteiger partial charge in [0.15, 0.2) is 0 Å². The average molecular weight is 296 g/mol. The number of rotatable bonds is 5. The Labute approximate surface area is 129 Å². The maximum atomic E-state index is 12.3. The number of hydrogen-bond acceptors (Lipinski definition) is 3. The lowest BCUT2D eigenvalue weighted by Crippen LogP contribution is -2.44. The quantitative estimate of drug-likeness (QED) is 0.846. The highest BCUT2D eigenvalue weighted by Gasteiger charge is 2.32. The third-order valence-electron chi connectivity index (χ3n) is 5.39. The van der Waals surface area contributed by atoms with Gasteiger partial charge in [0.05, 0.1) is 5.60 Å². The Balaban J connectivity index is 1.70. The Morgan fingerprint density at radius 1 is 1.19 bits per heavy atom. The number of likely N-dealkylation sites (tertiary alicyclic amines) is 2. The number of aliphatic hydroxyl groups is 1. The number of nitrogens with zero attached hydrogens (tertiary/aromatic N) is 2. The predicted molar refractivity (Wildman–Crippen MR) is 85.1 cm³/mol. The molecule has 0 aliphatic carbocycles. The molecule has 1 N–H and O–H groups in total. The summed E-state index contributed by atoms with van der Waals surface area (Å²) in [5, 5.41) is 10.1. The molecule has 4 heteroatoms. The van der Waals surface area contributed by atoms with Crippen LogP contribution in [0.4, 0.5) is 0 Å². The normalized spacial score (nSPS) is 23.5. The van der Waals surface area contributed by atoms with E-state index in [0.717, 1.165) is 32.4 Å². The Kier molecular flexibility index (Phi) is 5.67. The standard InChI is InChI=1S/C17H32N2O2/c1-14(18-10-4-5-11-18)6-7-16(20)19-12-8-15(9-13-19)17(2,3)21/h14-15,21H,4-13H2,1-3H3/t14-/m0/s1. The lowest BCUT2D eigenvalue weighted by Gasteiger charge is -2.38. The van der Waals surface area contributed by atoms with Crippen LogP contribution in [0.3, 0.4) is 0 Å². The summed E-state index contributed by atoms with van der Waals surface area (Å²) in [4.78, 5) is 16.8. The van der Waals surface area contributed by atoms with E-state index in [-0.39, 0.29) is 0 Å². The van der Waals surface area contributed by atoms with Crippen molar-refractivity contribution in [3.05, 3.63) is 0 Å². The first-order chi connectivity index (χ1) is 9.88. The second-order valence-electron chi connectivity index (χ2n) is 7.44. The van der Waals surface area contributed by atoms with E-state index >= 15 is 0 Å². The van der Waals surface area contributed by atoms with Gasteiger partial charge in [-0.3, -0.25) is 4.79 Å². The van der Waals surface area contributed by atoms with Crippen LogP contribution >= 0.6 is 0 Å². The van der Waals surface area contributed by atoms with Gasteiger partial charge < -0.3 is 14.9 Å². The van der Waals surface area contributed by atoms with Crippen LogP contribution in [0.1, 0.15) is 59.3 Å². The molecule has 21 heavy (non-hydrogen) atoms. The first-order valence-electron chi connectivity index (χ1n) is 8.62. The van der Waals surface area contributed by atoms with Crippen LogP contribution in [0.15, 0.2) is 0 Å². The molecule has 0 bridgehead atoms. The molecule has 0 spiro atoms. The molecular weight excluding hydrogens is 264 g/mol. The Morgan fingerprint density at radius 3 is 2.29 bits per heavy atom. The fourth-order valence-electron chi connectivity index (χ4n) is 3.69. The van der Waals surface area contributed by atoms with Crippen LogP contribution in [0.5, 0.6) is 0 Å². The number of amides is 1. The largest absolute Gasteiger partial charge is 0.390 e. The fraction of sp³-hybridized carbons (Fsp3) is 0.941. The molecule has 2 aliphatic heterocycles. The summed E-state index contributed by atoms with van der Waals surface area (Å²) in [5.41, 5.74) is -0.612. The number of carbonyl (C=O) groups is 1. The average Bonchev–Trinajstić information content (AvgIpc) is 2.98. The van der Waals surface area contributed by atoms with Crippen molar-refractivity contribution < 1.29 is 9.90 Å². The van der Waals surface area contributed by atoms with E-state index < -0.39 is 5.60 Å². The SMILES string of the molecule is C[C@@H](CCC(=O)N1CCC(C(C)(C)O)CC1)N1CCCC1. The van der Waals surface area contributed by atoms with E-state index in [2.05, 4.69) is 11.8 Å². The van der Waals surface area contributed by atoms with Crippen molar-refractivity contribution in [2.24, 2.45) is 5.92 Å². The maximum Gasteiger partial charge on any atom is 0.222 e. The van der Waals surface area contributed by atoms with Gasteiger partial charge in [0.25, 0.3) is 0 Å². The number of carbonyl (C=O) groups excluding carboxylic acids is 1. The van der Waals surface area contributed by atoms with Crippen LogP contribution in [0.2, 0.25) is 0 Å². The fourth-order valence-corrected chi connectivity index (χ4v) is 3.69. The molecule has 4 nitrogen and oxygen atoms in total. The third-order valence-corrected chi connectivity index (χ3v) is 5.39. The Morgan fingerprint density at radius 2 is 1.76 bits per heavy atom. The highest BCUT2D eigenvalue weighted by Crippen LogP contribution is 2.28. The first-order valence-corrected chi connectivity index (χ1v) is 8.62. The zero-order valence-corrected chi connectivity index (χ0v) is 14.0. The summed E-state index contributed by atoms with van der Waals surface area (Å²) in [6, 6.07) is 0.533. The monoisotopic (exact) mass is 296 g/mol. The molecule has 0 aromatic carbocycles. The molecule has 122 valence electrons. The van der Waals surface area contributed by atoms with Crippen molar-refractivity contribution in [2.75, 3.05) is 26.2 Å². The molecule has 1 amide bonds. The summed E-state index contributed by atoms with van der Waals surface area (Å²) in [7, 11) is 0. The van der Waals surface area contributed by atoms with E-state index in [1.165, 1.54) is 25.9 Å². The molecule has 2 heterocycles. The van der Waals surface area contributed by atoms with Gasteiger partial charge in [0, 0.05) is 25.6 Å². The Hall–Kier alpha value is -0.610. The van der Waals surface area contributed by atoms with Gasteiger partial charge in [-0.15, -0.1) is 0 Å². The summed E-state index contributed by atoms with van der Waals surface area (Å²) in [6.45, 7) is 10.0. The number of hydrogen-bond donors (Lipinski definition) is 1. The van der Waals surface area contributed by atoms with Gasteiger partial charge >= 0.3 is 0 Å². The van der Waals surface area contributed by atoms with E-state index in [0.29, 0.717) is 24.3 Å². The third kappa shape index (κ3) is 4.68. The van der Waals surface area contributed by atoms with Gasteiger partial charge in [-0.1, -0.05) is 0 Å². The van der Waals surface area contributed by atoms with Crippen LogP contribution in [0, 0.1) is 5.92 Å². The minimum Gasteiger partial charge on any atom is -0.390 e. The van der Waals surface area contributed by atoms with Crippen molar-refractivity contribution in [1.29, 1.82) is 0 Å². The van der Waals surface area contributed by atoms with E-state index in [1.54, 1.807) is 0 Å². The zero-order chi connectivity index (χ0) is 15.5. The Bertz CT molecular complexity index is 337. The summed E-state index contributed by atoms with van der Waals surface area (Å²) < 4.78 is 0. The van der Waals surface area contributed by atoms with Crippen LogP contribution in [0.25, 0.3) is 0 Å². The minimum absolute atomic E-state index is 0.301. The van der Waals surface area contributed by atoms with Crippen molar-refractivity contribution in [1.82, 2.24) is 9.80 Å². The maximum absolute atomic E-state index is 12.3. The predicted octanol–water partition coefficient (Wildman–Crippen LogP) is 2.26. The summed E-state index contributed by atoms with van der Waals surface area (Å²) in [6.07, 6.45) is 6.12. The topological polar surface area (TPSA) is 43.8 Å². The molecule has 0 saturated carbocycles. The molecule has 2 rings (SSSR count). The van der Waals surface area contributed by atoms with Gasteiger partial charge in [-0.05, 0) is 71.9 Å². The zero-order valence-electron chi connectivity index (χ0n) is 14.0. The lowest BCUT2D eigenvalue weighted by molar-refractivity contribution is -0.134. The minimum atomic E-state index is -0.612. The van der Waals surface area contributed by atoms with Gasteiger partial charge in [-0.2, -0.15) is 0 Å². The second-order valence-corrected chi connectivity index (χ2v) is 7.44. The van der Waals surface area contributed by atoms with Gasteiger partial charge in [0.2, 0.25) is 5.91 Å². The molecule has 2 aliphatic rings. The second kappa shape index (κ2) is 7.10. The lowest BCUT2D eigenvalue weighted by atomic mass is 9.83. The van der Waals surface area contributed by atoms with Crippen molar-refractivity contribution >= 4 is 5.91 Å².